The molecule has 1 aromatic heterocycles. The van der Waals surface area contributed by atoms with Gasteiger partial charge in [-0.2, -0.15) is 0 Å². The monoisotopic (exact) mass is 333 g/mol. The van der Waals surface area contributed by atoms with Gasteiger partial charge in [0.15, 0.2) is 0 Å². The summed E-state index contributed by atoms with van der Waals surface area (Å²) < 4.78 is 15.9. The topological polar surface area (TPSA) is 67.5 Å². The lowest BCUT2D eigenvalue weighted by Gasteiger charge is -2.24. The van der Waals surface area contributed by atoms with Crippen molar-refractivity contribution in [3.05, 3.63) is 68.2 Å². The molecule has 1 aliphatic rings. The van der Waals surface area contributed by atoms with Crippen LogP contribution in [0.5, 0.6) is 0 Å². The van der Waals surface area contributed by atoms with Gasteiger partial charge >= 0.3 is 5.69 Å². The van der Waals surface area contributed by atoms with Gasteiger partial charge in [-0.3, -0.25) is 14.3 Å². The number of aromatic nitrogens is 2. The number of aryl methyl sites for hydroxylation is 1. The van der Waals surface area contributed by atoms with E-state index < -0.39 is 6.10 Å². The van der Waals surface area contributed by atoms with Crippen LogP contribution in [-0.2, 0) is 20.6 Å². The first-order valence-electron chi connectivity index (χ1n) is 7.80. The molecule has 0 bridgehead atoms. The maximum absolute atomic E-state index is 13.5. The average Bonchev–Trinajstić information content (AvgIpc) is 2.91. The number of aliphatic hydroxyl groups is 1. The number of rotatable bonds is 3. The number of nitrogens with zero attached hydrogens (tertiary/aromatic N) is 3. The van der Waals surface area contributed by atoms with Gasteiger partial charge < -0.3 is 9.67 Å². The molecule has 2 aromatic rings. The molecule has 1 saturated heterocycles. The molecule has 24 heavy (non-hydrogen) atoms. The second kappa shape index (κ2) is 6.33. The number of hydrogen-bond acceptors (Lipinski definition) is 4. The van der Waals surface area contributed by atoms with Crippen molar-refractivity contribution < 1.29 is 9.50 Å². The first-order valence-corrected chi connectivity index (χ1v) is 7.80. The summed E-state index contributed by atoms with van der Waals surface area (Å²) in [4.78, 5) is 26.0. The Kier molecular flexibility index (Phi) is 4.38. The molecule has 0 aliphatic carbocycles. The second-order valence-electron chi connectivity index (χ2n) is 6.30. The molecule has 1 aliphatic heterocycles. The first kappa shape index (κ1) is 16.6. The van der Waals surface area contributed by atoms with Crippen LogP contribution in [-0.4, -0.2) is 31.8 Å². The molecule has 1 fully saturated rings. The maximum atomic E-state index is 13.5. The van der Waals surface area contributed by atoms with Crippen LogP contribution in [0.1, 0.15) is 23.6 Å². The summed E-state index contributed by atoms with van der Waals surface area (Å²) in [5, 5.41) is 10.0. The van der Waals surface area contributed by atoms with Crippen LogP contribution in [0.25, 0.3) is 0 Å². The van der Waals surface area contributed by atoms with Gasteiger partial charge in [0.05, 0.1) is 6.10 Å². The van der Waals surface area contributed by atoms with E-state index in [-0.39, 0.29) is 23.1 Å². The third-order valence-corrected chi connectivity index (χ3v) is 4.51. The van der Waals surface area contributed by atoms with Crippen molar-refractivity contribution in [3.8, 4) is 0 Å². The van der Waals surface area contributed by atoms with Crippen LogP contribution in [0.3, 0.4) is 0 Å². The summed E-state index contributed by atoms with van der Waals surface area (Å²) in [5.41, 5.74) is 0.507. The Hall–Kier alpha value is -2.25. The zero-order valence-corrected chi connectivity index (χ0v) is 13.6. The van der Waals surface area contributed by atoms with Crippen LogP contribution in [0.4, 0.5) is 4.39 Å². The van der Waals surface area contributed by atoms with Crippen molar-refractivity contribution in [2.45, 2.75) is 25.1 Å². The van der Waals surface area contributed by atoms with Crippen molar-refractivity contribution in [2.24, 2.45) is 14.1 Å². The number of β-amino-alcohol motifs (C(OH)–C–C–N with tert-alkyl or cyclic N) is 1. The highest BCUT2D eigenvalue weighted by molar-refractivity contribution is 5.22. The van der Waals surface area contributed by atoms with Crippen molar-refractivity contribution in [2.75, 3.05) is 6.54 Å². The lowest BCUT2D eigenvalue weighted by Crippen LogP contribution is -2.40. The minimum atomic E-state index is -0.533. The molecule has 2 atom stereocenters. The Balaban J connectivity index is 1.94. The number of hydrogen-bond donors (Lipinski definition) is 1. The lowest BCUT2D eigenvalue weighted by atomic mass is 10.0. The fourth-order valence-corrected chi connectivity index (χ4v) is 3.33. The maximum Gasteiger partial charge on any atom is 0.330 e. The molecular formula is C17H20FN3O3. The van der Waals surface area contributed by atoms with Gasteiger partial charge in [-0.15, -0.1) is 0 Å². The van der Waals surface area contributed by atoms with Crippen LogP contribution >= 0.6 is 0 Å². The minimum Gasteiger partial charge on any atom is -0.392 e. The Labute approximate surface area is 138 Å². The Bertz CT molecular complexity index is 874. The number of aliphatic hydroxyl groups excluding tert-OH is 1. The third-order valence-electron chi connectivity index (χ3n) is 4.51. The van der Waals surface area contributed by atoms with E-state index in [1.54, 1.807) is 13.1 Å². The molecule has 7 heteroatoms. The van der Waals surface area contributed by atoms with E-state index >= 15 is 0 Å². The van der Waals surface area contributed by atoms with Gasteiger partial charge in [-0.05, 0) is 24.1 Å². The number of benzene rings is 1. The van der Waals surface area contributed by atoms with Crippen molar-refractivity contribution in [3.63, 3.8) is 0 Å². The molecule has 1 aromatic carbocycles. The van der Waals surface area contributed by atoms with Gasteiger partial charge in [0, 0.05) is 45.0 Å². The number of likely N-dealkylation sites (tertiary alicyclic amines) is 1. The molecule has 0 unspecified atom stereocenters. The molecular weight excluding hydrogens is 313 g/mol. The predicted molar refractivity (Wildman–Crippen MR) is 87.1 cm³/mol. The van der Waals surface area contributed by atoms with E-state index in [2.05, 4.69) is 0 Å². The first-order chi connectivity index (χ1) is 11.4. The zero-order valence-electron chi connectivity index (χ0n) is 13.6. The fourth-order valence-electron chi connectivity index (χ4n) is 3.33. The standard InChI is InChI=1S/C17H20FN3O3/c1-19-8-12(16(23)20(2)17(19)24)9-21-10-14(22)7-15(21)11-4-3-5-13(18)6-11/h3-6,8,14-15,22H,7,9-10H2,1-2H3/t14-,15-/m0/s1. The quantitative estimate of drug-likeness (QED) is 0.890. The summed E-state index contributed by atoms with van der Waals surface area (Å²) in [6.45, 7) is 0.687. The average molecular weight is 333 g/mol. The van der Waals surface area contributed by atoms with E-state index in [9.17, 15) is 19.1 Å². The zero-order chi connectivity index (χ0) is 17.4. The number of halogens is 1. The molecule has 2 heterocycles. The highest BCUT2D eigenvalue weighted by Crippen LogP contribution is 2.33. The van der Waals surface area contributed by atoms with E-state index in [4.69, 9.17) is 0 Å². The SMILES string of the molecule is Cn1cc(CN2C[C@@H](O)C[C@H]2c2cccc(F)c2)c(=O)n(C)c1=O. The van der Waals surface area contributed by atoms with E-state index in [0.29, 0.717) is 25.1 Å². The van der Waals surface area contributed by atoms with Crippen molar-refractivity contribution >= 4 is 0 Å². The normalized spacial score (nSPS) is 21.3. The second-order valence-corrected chi connectivity index (χ2v) is 6.30. The van der Waals surface area contributed by atoms with Crippen LogP contribution in [0, 0.1) is 5.82 Å². The van der Waals surface area contributed by atoms with Gasteiger partial charge in [-0.1, -0.05) is 12.1 Å². The van der Waals surface area contributed by atoms with E-state index in [1.807, 2.05) is 11.0 Å². The van der Waals surface area contributed by atoms with Crippen LogP contribution in [0.2, 0.25) is 0 Å². The van der Waals surface area contributed by atoms with Crippen LogP contribution in [0.15, 0.2) is 40.1 Å². The highest BCUT2D eigenvalue weighted by atomic mass is 19.1. The predicted octanol–water partition coefficient (Wildman–Crippen LogP) is 0.531. The van der Waals surface area contributed by atoms with E-state index in [1.165, 1.54) is 29.9 Å². The Morgan fingerprint density at radius 1 is 1.29 bits per heavy atom. The summed E-state index contributed by atoms with van der Waals surface area (Å²) in [6, 6.07) is 6.12. The van der Waals surface area contributed by atoms with Gasteiger partial charge in [-0.25, -0.2) is 9.18 Å². The van der Waals surface area contributed by atoms with Crippen molar-refractivity contribution in [1.29, 1.82) is 0 Å². The third kappa shape index (κ3) is 3.05. The molecule has 0 amide bonds. The molecule has 6 nitrogen and oxygen atoms in total. The smallest absolute Gasteiger partial charge is 0.330 e. The summed E-state index contributed by atoms with van der Waals surface area (Å²) >= 11 is 0. The summed E-state index contributed by atoms with van der Waals surface area (Å²) in [7, 11) is 3.03. The molecule has 128 valence electrons. The van der Waals surface area contributed by atoms with Gasteiger partial charge in [0.2, 0.25) is 0 Å². The Morgan fingerprint density at radius 3 is 2.75 bits per heavy atom. The Morgan fingerprint density at radius 2 is 2.04 bits per heavy atom. The van der Waals surface area contributed by atoms with Gasteiger partial charge in [0.1, 0.15) is 5.82 Å². The fraction of sp³-hybridized carbons (Fsp3) is 0.412. The molecule has 1 N–H and O–H groups in total. The largest absolute Gasteiger partial charge is 0.392 e. The minimum absolute atomic E-state index is 0.169. The molecule has 0 radical (unpaired) electrons. The molecule has 0 spiro atoms. The molecule has 3 rings (SSSR count). The lowest BCUT2D eigenvalue weighted by molar-refractivity contribution is 0.172. The summed E-state index contributed by atoms with van der Waals surface area (Å²) in [6.07, 6.45) is 1.47. The van der Waals surface area contributed by atoms with Crippen LogP contribution < -0.4 is 11.2 Å². The van der Waals surface area contributed by atoms with E-state index in [0.717, 1.165) is 10.1 Å². The van der Waals surface area contributed by atoms with Crippen molar-refractivity contribution in [1.82, 2.24) is 14.0 Å². The molecule has 0 saturated carbocycles. The highest BCUT2D eigenvalue weighted by Gasteiger charge is 2.32. The van der Waals surface area contributed by atoms with Gasteiger partial charge in [0.25, 0.3) is 5.56 Å². The summed E-state index contributed by atoms with van der Waals surface area (Å²) in [5.74, 6) is -0.327.